The van der Waals surface area contributed by atoms with E-state index in [1.54, 1.807) is 6.20 Å². The monoisotopic (exact) mass is 288 g/mol. The molecule has 2 N–H and O–H groups in total. The number of H-pyrrole nitrogens is 1. The molecule has 0 fully saturated rings. The van der Waals surface area contributed by atoms with E-state index in [4.69, 9.17) is 0 Å². The highest BCUT2D eigenvalue weighted by Crippen LogP contribution is 2.20. The highest BCUT2D eigenvalue weighted by Gasteiger charge is 2.29. The maximum absolute atomic E-state index is 12.6. The molecule has 1 aromatic heterocycles. The van der Waals surface area contributed by atoms with Gasteiger partial charge in [-0.2, -0.15) is 9.40 Å². The van der Waals surface area contributed by atoms with E-state index in [0.29, 0.717) is 18.7 Å². The second-order valence-corrected chi connectivity index (χ2v) is 6.54. The molecule has 0 bridgehead atoms. The molecule has 0 saturated heterocycles. The van der Waals surface area contributed by atoms with Gasteiger partial charge in [-0.3, -0.25) is 5.10 Å². The topological polar surface area (TPSA) is 78.1 Å². The molecule has 1 aromatic rings. The summed E-state index contributed by atoms with van der Waals surface area (Å²) in [5, 5.41) is 9.83. The van der Waals surface area contributed by atoms with Crippen LogP contribution in [0.5, 0.6) is 0 Å². The van der Waals surface area contributed by atoms with Gasteiger partial charge in [0.05, 0.1) is 6.20 Å². The number of nitrogens with one attached hydrogen (secondary N) is 2. The lowest BCUT2D eigenvalue weighted by Gasteiger charge is -2.25. The molecule has 0 aromatic carbocycles. The van der Waals surface area contributed by atoms with Gasteiger partial charge in [-0.25, -0.2) is 8.42 Å². The zero-order valence-corrected chi connectivity index (χ0v) is 12.9. The van der Waals surface area contributed by atoms with Gasteiger partial charge in [0.15, 0.2) is 5.03 Å². The Morgan fingerprint density at radius 3 is 2.63 bits per heavy atom. The van der Waals surface area contributed by atoms with E-state index >= 15 is 0 Å². The number of hydrogen-bond acceptors (Lipinski definition) is 4. The van der Waals surface area contributed by atoms with Crippen LogP contribution >= 0.6 is 0 Å². The lowest BCUT2D eigenvalue weighted by atomic mass is 10.3. The van der Waals surface area contributed by atoms with Crippen LogP contribution in [-0.4, -0.2) is 42.1 Å². The number of aromatic nitrogens is 2. The Labute approximate surface area is 115 Å². The van der Waals surface area contributed by atoms with Gasteiger partial charge >= 0.3 is 0 Å². The molecule has 6 nitrogen and oxygen atoms in total. The van der Waals surface area contributed by atoms with Crippen molar-refractivity contribution in [2.45, 2.75) is 51.7 Å². The number of aromatic amines is 1. The summed E-state index contributed by atoms with van der Waals surface area (Å²) in [6, 6.07) is -0.0692. The Morgan fingerprint density at radius 2 is 2.11 bits per heavy atom. The summed E-state index contributed by atoms with van der Waals surface area (Å²) in [7, 11) is -3.50. The molecule has 0 aliphatic rings. The first kappa shape index (κ1) is 16.1. The van der Waals surface area contributed by atoms with Gasteiger partial charge in [0.1, 0.15) is 0 Å². The molecule has 19 heavy (non-hydrogen) atoms. The predicted molar refractivity (Wildman–Crippen MR) is 75.3 cm³/mol. The molecule has 0 aliphatic carbocycles. The summed E-state index contributed by atoms with van der Waals surface area (Å²) in [4.78, 5) is 0. The maximum atomic E-state index is 12.6. The highest BCUT2D eigenvalue weighted by molar-refractivity contribution is 7.89. The SMILES string of the molecule is CCCN(C(C)C)S(=O)(=O)c1[nH]ncc1CNCC. The van der Waals surface area contributed by atoms with Crippen molar-refractivity contribution < 1.29 is 8.42 Å². The molecule has 1 heterocycles. The van der Waals surface area contributed by atoms with E-state index in [1.807, 2.05) is 27.7 Å². The fraction of sp³-hybridized carbons (Fsp3) is 0.750. The van der Waals surface area contributed by atoms with Crippen LogP contribution in [0.1, 0.15) is 39.7 Å². The summed E-state index contributed by atoms with van der Waals surface area (Å²) in [6.07, 6.45) is 2.36. The van der Waals surface area contributed by atoms with Crippen LogP contribution < -0.4 is 5.32 Å². The molecule has 1 rings (SSSR count). The van der Waals surface area contributed by atoms with Crippen LogP contribution in [0.15, 0.2) is 11.2 Å². The van der Waals surface area contributed by atoms with Gasteiger partial charge in [-0.15, -0.1) is 0 Å². The van der Waals surface area contributed by atoms with E-state index in [1.165, 1.54) is 4.31 Å². The molecular formula is C12H24N4O2S. The predicted octanol–water partition coefficient (Wildman–Crippen LogP) is 1.33. The highest BCUT2D eigenvalue weighted by atomic mass is 32.2. The quantitative estimate of drug-likeness (QED) is 0.756. The van der Waals surface area contributed by atoms with Crippen LogP contribution in [0.25, 0.3) is 0 Å². The standard InChI is InChI=1S/C12H24N4O2S/c1-5-7-16(10(3)4)19(17,18)12-11(8-13-6-2)9-14-15-12/h9-10,13H,5-8H2,1-4H3,(H,14,15). The Bertz CT molecular complexity index is 482. The number of nitrogens with zero attached hydrogens (tertiary/aromatic N) is 2. The molecule has 0 amide bonds. The first-order valence-electron chi connectivity index (χ1n) is 6.69. The van der Waals surface area contributed by atoms with Crippen molar-refractivity contribution in [3.63, 3.8) is 0 Å². The zero-order chi connectivity index (χ0) is 14.5. The molecule has 0 atom stereocenters. The Balaban J connectivity index is 3.07. The van der Waals surface area contributed by atoms with Crippen molar-refractivity contribution in [2.24, 2.45) is 0 Å². The Hall–Kier alpha value is -0.920. The fourth-order valence-electron chi connectivity index (χ4n) is 1.90. The van der Waals surface area contributed by atoms with Gasteiger partial charge < -0.3 is 5.32 Å². The van der Waals surface area contributed by atoms with Crippen molar-refractivity contribution >= 4 is 10.0 Å². The lowest BCUT2D eigenvalue weighted by molar-refractivity contribution is 0.352. The minimum absolute atomic E-state index is 0.0692. The second kappa shape index (κ2) is 7.02. The van der Waals surface area contributed by atoms with E-state index in [2.05, 4.69) is 15.5 Å². The number of rotatable bonds is 8. The fourth-order valence-corrected chi connectivity index (χ4v) is 3.74. The summed E-state index contributed by atoms with van der Waals surface area (Å²) >= 11 is 0. The minimum atomic E-state index is -3.50. The van der Waals surface area contributed by atoms with E-state index in [0.717, 1.165) is 13.0 Å². The van der Waals surface area contributed by atoms with E-state index < -0.39 is 10.0 Å². The van der Waals surface area contributed by atoms with Gasteiger partial charge in [-0.1, -0.05) is 13.8 Å². The average Bonchev–Trinajstić information content (AvgIpc) is 2.81. The Kier molecular flexibility index (Phi) is 5.96. The summed E-state index contributed by atoms with van der Waals surface area (Å²) in [5.41, 5.74) is 0.684. The average molecular weight is 288 g/mol. The van der Waals surface area contributed by atoms with Crippen molar-refractivity contribution in [3.05, 3.63) is 11.8 Å². The smallest absolute Gasteiger partial charge is 0.260 e. The summed E-state index contributed by atoms with van der Waals surface area (Å²) in [5.74, 6) is 0. The van der Waals surface area contributed by atoms with Crippen LogP contribution in [0, 0.1) is 0 Å². The van der Waals surface area contributed by atoms with Gasteiger partial charge in [0.2, 0.25) is 0 Å². The van der Waals surface area contributed by atoms with Crippen LogP contribution in [0.2, 0.25) is 0 Å². The van der Waals surface area contributed by atoms with Crippen LogP contribution in [-0.2, 0) is 16.6 Å². The molecule has 0 unspecified atom stereocenters. The maximum Gasteiger partial charge on any atom is 0.260 e. The number of hydrogen-bond donors (Lipinski definition) is 2. The van der Waals surface area contributed by atoms with Crippen molar-refractivity contribution in [1.29, 1.82) is 0 Å². The van der Waals surface area contributed by atoms with Gasteiger partial charge in [-0.05, 0) is 26.8 Å². The van der Waals surface area contributed by atoms with Gasteiger partial charge in [0, 0.05) is 24.7 Å². The molecular weight excluding hydrogens is 264 g/mol. The van der Waals surface area contributed by atoms with Crippen molar-refractivity contribution in [2.75, 3.05) is 13.1 Å². The van der Waals surface area contributed by atoms with Crippen LogP contribution in [0.4, 0.5) is 0 Å². The second-order valence-electron chi connectivity index (χ2n) is 4.71. The molecule has 110 valence electrons. The van der Waals surface area contributed by atoms with E-state index in [9.17, 15) is 8.42 Å². The molecule has 0 spiro atoms. The normalized spacial score (nSPS) is 12.5. The largest absolute Gasteiger partial charge is 0.313 e. The van der Waals surface area contributed by atoms with E-state index in [-0.39, 0.29) is 11.1 Å². The molecule has 0 saturated carbocycles. The third-order valence-corrected chi connectivity index (χ3v) is 4.92. The zero-order valence-electron chi connectivity index (χ0n) is 12.1. The summed E-state index contributed by atoms with van der Waals surface area (Å²) in [6.45, 7) is 9.51. The first-order chi connectivity index (χ1) is 8.95. The number of sulfonamides is 1. The molecule has 0 radical (unpaired) electrons. The van der Waals surface area contributed by atoms with Crippen LogP contribution in [0.3, 0.4) is 0 Å². The molecule has 0 aliphatic heterocycles. The lowest BCUT2D eigenvalue weighted by Crippen LogP contribution is -2.38. The van der Waals surface area contributed by atoms with Crippen molar-refractivity contribution in [3.8, 4) is 0 Å². The van der Waals surface area contributed by atoms with Crippen molar-refractivity contribution in [1.82, 2.24) is 19.8 Å². The Morgan fingerprint density at radius 1 is 1.42 bits per heavy atom. The third kappa shape index (κ3) is 3.77. The minimum Gasteiger partial charge on any atom is -0.313 e. The molecule has 7 heteroatoms. The third-order valence-electron chi connectivity index (χ3n) is 2.83. The van der Waals surface area contributed by atoms with Gasteiger partial charge in [0.25, 0.3) is 10.0 Å². The summed E-state index contributed by atoms with van der Waals surface area (Å²) < 4.78 is 26.8. The first-order valence-corrected chi connectivity index (χ1v) is 8.13.